The summed E-state index contributed by atoms with van der Waals surface area (Å²) < 4.78 is 7.66. The van der Waals surface area contributed by atoms with Gasteiger partial charge in [0.2, 0.25) is 0 Å². The number of hydrogen-bond acceptors (Lipinski definition) is 6. The van der Waals surface area contributed by atoms with E-state index in [0.29, 0.717) is 5.39 Å². The summed E-state index contributed by atoms with van der Waals surface area (Å²) >= 11 is -0.388. The molecule has 21 heavy (non-hydrogen) atoms. The van der Waals surface area contributed by atoms with Crippen LogP contribution < -0.4 is 5.56 Å². The van der Waals surface area contributed by atoms with E-state index in [9.17, 15) is 25.2 Å². The van der Waals surface area contributed by atoms with E-state index in [1.54, 1.807) is 12.1 Å². The number of hydrogen-bond donors (Lipinski definition) is 4. The number of rotatable bonds is 2. The standard InChI is InChI=1S/C13H15NO6Se/c15-5-7-9(16)10(17)11(18)13(20-7)14-12(19)6-3-1-2-4-8(6)21-14/h1-4,7,9-11,13,15-18H,5H2/t7?,9-,10+,11?,13-/m1/s1. The predicted octanol–water partition coefficient (Wildman–Crippen LogP) is -1.97. The van der Waals surface area contributed by atoms with Crippen LogP contribution in [-0.4, -0.2) is 69.7 Å². The molecule has 2 aromatic rings. The van der Waals surface area contributed by atoms with E-state index in [4.69, 9.17) is 4.74 Å². The molecule has 1 aromatic heterocycles. The van der Waals surface area contributed by atoms with Crippen LogP contribution in [0.3, 0.4) is 0 Å². The van der Waals surface area contributed by atoms with E-state index in [0.717, 1.165) is 4.26 Å². The second-order valence-electron chi connectivity index (χ2n) is 4.94. The Labute approximate surface area is 125 Å². The molecule has 7 nitrogen and oxygen atoms in total. The summed E-state index contributed by atoms with van der Waals surface area (Å²) in [5.41, 5.74) is -0.282. The fraction of sp³-hybridized carbons (Fsp3) is 0.462. The summed E-state index contributed by atoms with van der Waals surface area (Å²) in [6.45, 7) is -0.510. The van der Waals surface area contributed by atoms with Crippen LogP contribution in [0, 0.1) is 0 Å². The Balaban J connectivity index is 2.05. The van der Waals surface area contributed by atoms with Gasteiger partial charge in [-0.2, -0.15) is 0 Å². The molecule has 1 aliphatic heterocycles. The van der Waals surface area contributed by atoms with E-state index in [-0.39, 0.29) is 20.3 Å². The van der Waals surface area contributed by atoms with Gasteiger partial charge in [-0.3, -0.25) is 0 Å². The Hall–Kier alpha value is -0.991. The van der Waals surface area contributed by atoms with Gasteiger partial charge in [-0.15, -0.1) is 0 Å². The Bertz CT molecular complexity index is 695. The molecule has 0 aliphatic carbocycles. The summed E-state index contributed by atoms with van der Waals surface area (Å²) in [7, 11) is 0. The maximum atomic E-state index is 12.4. The van der Waals surface area contributed by atoms with Crippen LogP contribution >= 0.6 is 0 Å². The molecule has 8 heteroatoms. The Morgan fingerprint density at radius 3 is 2.52 bits per heavy atom. The molecule has 0 saturated carbocycles. The van der Waals surface area contributed by atoms with Crippen molar-refractivity contribution in [1.82, 2.24) is 3.56 Å². The third-order valence-corrected chi connectivity index (χ3v) is 5.97. The van der Waals surface area contributed by atoms with Gasteiger partial charge < -0.3 is 0 Å². The third-order valence-electron chi connectivity index (χ3n) is 3.61. The van der Waals surface area contributed by atoms with Crippen molar-refractivity contribution in [3.8, 4) is 0 Å². The molecule has 5 atom stereocenters. The second-order valence-corrected chi connectivity index (χ2v) is 7.07. The molecule has 1 aliphatic rings. The van der Waals surface area contributed by atoms with Crippen molar-refractivity contribution in [2.24, 2.45) is 0 Å². The monoisotopic (exact) mass is 361 g/mol. The molecule has 114 valence electrons. The zero-order valence-electron chi connectivity index (χ0n) is 10.9. The van der Waals surface area contributed by atoms with E-state index in [1.807, 2.05) is 12.1 Å². The maximum absolute atomic E-state index is 12.4. The van der Waals surface area contributed by atoms with Crippen LogP contribution in [0.5, 0.6) is 0 Å². The molecule has 0 radical (unpaired) electrons. The molecule has 0 bridgehead atoms. The minimum atomic E-state index is -1.48. The van der Waals surface area contributed by atoms with E-state index in [2.05, 4.69) is 0 Å². The van der Waals surface area contributed by atoms with Crippen LogP contribution in [0.2, 0.25) is 0 Å². The Kier molecular flexibility index (Phi) is 4.02. The molecule has 4 N–H and O–H groups in total. The van der Waals surface area contributed by atoms with Crippen molar-refractivity contribution in [1.29, 1.82) is 0 Å². The minimum absolute atomic E-state index is 0.282. The number of nitrogens with zero attached hydrogens (tertiary/aromatic N) is 1. The van der Waals surface area contributed by atoms with Crippen molar-refractivity contribution in [3.63, 3.8) is 0 Å². The molecule has 1 fully saturated rings. The summed E-state index contributed by atoms with van der Waals surface area (Å²) in [6, 6.07) is 7.11. The fourth-order valence-electron chi connectivity index (χ4n) is 2.43. The van der Waals surface area contributed by atoms with Gasteiger partial charge in [-0.1, -0.05) is 0 Å². The van der Waals surface area contributed by atoms with Gasteiger partial charge in [0.15, 0.2) is 0 Å². The van der Waals surface area contributed by atoms with Gasteiger partial charge in [0.1, 0.15) is 0 Å². The molecular formula is C13H15NO6Se. The number of aliphatic hydroxyl groups is 4. The van der Waals surface area contributed by atoms with Crippen molar-refractivity contribution >= 4 is 24.4 Å². The van der Waals surface area contributed by atoms with E-state index < -0.39 is 37.3 Å². The average molecular weight is 360 g/mol. The zero-order chi connectivity index (χ0) is 15.1. The van der Waals surface area contributed by atoms with Crippen molar-refractivity contribution < 1.29 is 25.2 Å². The summed E-state index contributed by atoms with van der Waals surface area (Å²) in [5.74, 6) is 0. The Morgan fingerprint density at radius 2 is 1.86 bits per heavy atom. The fourth-order valence-corrected chi connectivity index (χ4v) is 4.67. The number of fused-ring (bicyclic) bond motifs is 1. The molecule has 0 spiro atoms. The number of benzene rings is 1. The number of aromatic nitrogens is 1. The number of ether oxygens (including phenoxy) is 1. The Morgan fingerprint density at radius 1 is 1.14 bits per heavy atom. The molecule has 0 amide bonds. The van der Waals surface area contributed by atoms with Crippen LogP contribution in [-0.2, 0) is 4.74 Å². The first-order valence-corrected chi connectivity index (χ1v) is 8.08. The van der Waals surface area contributed by atoms with Crippen LogP contribution in [0.1, 0.15) is 6.23 Å². The van der Waals surface area contributed by atoms with Gasteiger partial charge in [-0.05, 0) is 0 Å². The van der Waals surface area contributed by atoms with Crippen molar-refractivity contribution in [2.75, 3.05) is 6.61 Å². The quantitative estimate of drug-likeness (QED) is 0.463. The normalized spacial score (nSPS) is 33.4. The van der Waals surface area contributed by atoms with Gasteiger partial charge in [0.05, 0.1) is 0 Å². The van der Waals surface area contributed by atoms with Crippen molar-refractivity contribution in [3.05, 3.63) is 34.6 Å². The van der Waals surface area contributed by atoms with Gasteiger partial charge in [-0.25, -0.2) is 0 Å². The molecular weight excluding hydrogens is 345 g/mol. The molecule has 1 saturated heterocycles. The first-order chi connectivity index (χ1) is 10.0. The van der Waals surface area contributed by atoms with Crippen LogP contribution in [0.4, 0.5) is 0 Å². The first-order valence-electron chi connectivity index (χ1n) is 6.45. The van der Waals surface area contributed by atoms with Gasteiger partial charge in [0.25, 0.3) is 0 Å². The van der Waals surface area contributed by atoms with E-state index >= 15 is 0 Å². The topological polar surface area (TPSA) is 112 Å². The SMILES string of the molecule is O=c1c2ccccc2[se]n1[C@@H]1OC(CO)[C@@H](O)[C@H](O)C1O. The summed E-state index contributed by atoms with van der Waals surface area (Å²) in [4.78, 5) is 12.4. The van der Waals surface area contributed by atoms with Crippen LogP contribution in [0.15, 0.2) is 29.1 Å². The summed E-state index contributed by atoms with van der Waals surface area (Å²) in [5, 5.41) is 39.4. The van der Waals surface area contributed by atoms with Gasteiger partial charge in [0, 0.05) is 0 Å². The average Bonchev–Trinajstić information content (AvgIpc) is 2.83. The molecule has 1 aromatic carbocycles. The summed E-state index contributed by atoms with van der Waals surface area (Å²) in [6.07, 6.45) is -6.42. The molecule has 2 heterocycles. The molecule has 3 rings (SSSR count). The van der Waals surface area contributed by atoms with Crippen LogP contribution in [0.25, 0.3) is 9.65 Å². The zero-order valence-corrected chi connectivity index (χ0v) is 12.6. The number of aliphatic hydroxyl groups excluding tert-OH is 4. The third kappa shape index (κ3) is 2.39. The predicted molar refractivity (Wildman–Crippen MR) is 74.2 cm³/mol. The van der Waals surface area contributed by atoms with Gasteiger partial charge >= 0.3 is 125 Å². The van der Waals surface area contributed by atoms with E-state index in [1.165, 1.54) is 3.56 Å². The molecule has 2 unspecified atom stereocenters. The van der Waals surface area contributed by atoms with Crippen molar-refractivity contribution in [2.45, 2.75) is 30.6 Å². The second kappa shape index (κ2) is 5.66. The first kappa shape index (κ1) is 14.9.